The van der Waals surface area contributed by atoms with Gasteiger partial charge >= 0.3 is 0 Å². The van der Waals surface area contributed by atoms with E-state index in [1.807, 2.05) is 13.8 Å². The molecule has 1 aliphatic rings. The van der Waals surface area contributed by atoms with Gasteiger partial charge in [0.15, 0.2) is 33.0 Å². The van der Waals surface area contributed by atoms with Gasteiger partial charge in [0.25, 0.3) is 6.48 Å². The second-order valence-corrected chi connectivity index (χ2v) is 8.06. The van der Waals surface area contributed by atoms with Crippen LogP contribution in [0.2, 0.25) is 5.54 Å². The SMILES string of the molecule is CCOC(OCC)O[SiH2]C1CCC(c2c(F)c(F)c(F)c(F)c2F)CC1. The third-order valence-corrected chi connectivity index (χ3v) is 6.32. The van der Waals surface area contributed by atoms with Crippen LogP contribution in [-0.4, -0.2) is 29.5 Å². The van der Waals surface area contributed by atoms with Crippen molar-refractivity contribution in [3.63, 3.8) is 0 Å². The average Bonchev–Trinajstić information content (AvgIpc) is 2.64. The summed E-state index contributed by atoms with van der Waals surface area (Å²) in [6, 6.07) is 0. The highest BCUT2D eigenvalue weighted by Gasteiger charge is 2.33. The molecule has 0 radical (unpaired) electrons. The van der Waals surface area contributed by atoms with Gasteiger partial charge in [-0.15, -0.1) is 0 Å². The third kappa shape index (κ3) is 4.82. The van der Waals surface area contributed by atoms with Crippen molar-refractivity contribution in [2.45, 2.75) is 57.5 Å². The molecule has 1 saturated carbocycles. The zero-order valence-corrected chi connectivity index (χ0v) is 16.2. The number of hydrogen-bond acceptors (Lipinski definition) is 3. The van der Waals surface area contributed by atoms with Crippen LogP contribution in [0.5, 0.6) is 0 Å². The van der Waals surface area contributed by atoms with Crippen LogP contribution >= 0.6 is 0 Å². The number of benzene rings is 1. The monoisotopic (exact) mass is 398 g/mol. The van der Waals surface area contributed by atoms with Gasteiger partial charge in [0.05, 0.1) is 0 Å². The Morgan fingerprint density at radius 3 is 1.73 bits per heavy atom. The Balaban J connectivity index is 1.97. The van der Waals surface area contributed by atoms with Crippen LogP contribution in [0.25, 0.3) is 0 Å². The van der Waals surface area contributed by atoms with E-state index in [2.05, 4.69) is 0 Å². The molecule has 0 unspecified atom stereocenters. The van der Waals surface area contributed by atoms with E-state index in [0.717, 1.165) is 0 Å². The van der Waals surface area contributed by atoms with E-state index in [0.29, 0.717) is 38.9 Å². The molecule has 1 aliphatic carbocycles. The lowest BCUT2D eigenvalue weighted by molar-refractivity contribution is -0.244. The normalized spacial score (nSPS) is 21.2. The molecule has 2 rings (SSSR count). The molecule has 0 aliphatic heterocycles. The van der Waals surface area contributed by atoms with Gasteiger partial charge in [0.1, 0.15) is 0 Å². The van der Waals surface area contributed by atoms with Gasteiger partial charge in [-0.3, -0.25) is 0 Å². The fourth-order valence-electron chi connectivity index (χ4n) is 3.23. The van der Waals surface area contributed by atoms with Crippen molar-refractivity contribution in [1.29, 1.82) is 0 Å². The van der Waals surface area contributed by atoms with Crippen LogP contribution in [0.4, 0.5) is 22.0 Å². The second kappa shape index (κ2) is 9.77. The average molecular weight is 398 g/mol. The molecule has 1 fully saturated rings. The van der Waals surface area contributed by atoms with E-state index in [9.17, 15) is 22.0 Å². The molecule has 0 spiro atoms. The fourth-order valence-corrected chi connectivity index (χ4v) is 4.66. The molecule has 0 amide bonds. The van der Waals surface area contributed by atoms with Crippen molar-refractivity contribution in [1.82, 2.24) is 0 Å². The van der Waals surface area contributed by atoms with Gasteiger partial charge in [-0.1, -0.05) is 12.8 Å². The summed E-state index contributed by atoms with van der Waals surface area (Å²) in [5, 5.41) is 0. The molecule has 0 atom stereocenters. The van der Waals surface area contributed by atoms with Crippen LogP contribution in [0, 0.1) is 29.1 Å². The first kappa shape index (κ1) is 21.3. The highest BCUT2D eigenvalue weighted by molar-refractivity contribution is 6.29. The van der Waals surface area contributed by atoms with Gasteiger partial charge in [-0.25, -0.2) is 22.0 Å². The first-order valence-electron chi connectivity index (χ1n) is 8.76. The van der Waals surface area contributed by atoms with Crippen LogP contribution in [-0.2, 0) is 13.9 Å². The number of rotatable bonds is 8. The Hall–Kier alpha value is -1.03. The standard InChI is InChI=1S/C17H23F5O3Si/c1-3-23-17(24-4-2)25-26-10-7-5-9(6-8-10)11-12(18)14(20)16(22)15(21)13(11)19/h9-10,17H,3-8,26H2,1-2H3. The minimum atomic E-state index is -2.11. The van der Waals surface area contributed by atoms with Crippen molar-refractivity contribution in [3.05, 3.63) is 34.6 Å². The molecule has 3 nitrogen and oxygen atoms in total. The largest absolute Gasteiger partial charge is 0.378 e. The summed E-state index contributed by atoms with van der Waals surface area (Å²) < 4.78 is 84.1. The number of ether oxygens (including phenoxy) is 2. The van der Waals surface area contributed by atoms with Crippen LogP contribution < -0.4 is 0 Å². The smallest absolute Gasteiger partial charge is 0.261 e. The highest BCUT2D eigenvalue weighted by atomic mass is 28.2. The summed E-state index contributed by atoms with van der Waals surface area (Å²) in [5.41, 5.74) is -0.445. The van der Waals surface area contributed by atoms with E-state index < -0.39 is 56.8 Å². The Labute approximate surface area is 151 Å². The lowest BCUT2D eigenvalue weighted by atomic mass is 9.83. The predicted octanol–water partition coefficient (Wildman–Crippen LogP) is 4.29. The molecule has 26 heavy (non-hydrogen) atoms. The molecule has 0 N–H and O–H groups in total. The zero-order chi connectivity index (χ0) is 19.3. The fraction of sp³-hybridized carbons (Fsp3) is 0.647. The quantitative estimate of drug-likeness (QED) is 0.215. The topological polar surface area (TPSA) is 27.7 Å². The van der Waals surface area contributed by atoms with E-state index in [4.69, 9.17) is 13.9 Å². The van der Waals surface area contributed by atoms with E-state index in [1.165, 1.54) is 0 Å². The molecule has 0 saturated heterocycles. The predicted molar refractivity (Wildman–Crippen MR) is 87.9 cm³/mol. The first-order chi connectivity index (χ1) is 12.4. The zero-order valence-electron chi connectivity index (χ0n) is 14.8. The minimum Gasteiger partial charge on any atom is -0.378 e. The summed E-state index contributed by atoms with van der Waals surface area (Å²) in [6.45, 7) is 3.85. The molecule has 0 aromatic heterocycles. The van der Waals surface area contributed by atoms with Gasteiger partial charge in [-0.05, 0) is 38.1 Å². The molecule has 0 bridgehead atoms. The Bertz CT molecular complexity index is 574. The van der Waals surface area contributed by atoms with Crippen molar-refractivity contribution in [2.75, 3.05) is 13.2 Å². The lowest BCUT2D eigenvalue weighted by Gasteiger charge is -2.30. The van der Waals surface area contributed by atoms with Crippen LogP contribution in [0.15, 0.2) is 0 Å². The maximum Gasteiger partial charge on any atom is 0.261 e. The van der Waals surface area contributed by atoms with Gasteiger partial charge in [0, 0.05) is 18.8 Å². The summed E-state index contributed by atoms with van der Waals surface area (Å²) >= 11 is 0. The summed E-state index contributed by atoms with van der Waals surface area (Å²) in [4.78, 5) is 0. The van der Waals surface area contributed by atoms with E-state index >= 15 is 0 Å². The van der Waals surface area contributed by atoms with E-state index in [-0.39, 0.29) is 5.54 Å². The van der Waals surface area contributed by atoms with Gasteiger partial charge in [0.2, 0.25) is 5.82 Å². The molecular weight excluding hydrogens is 375 g/mol. The Kier molecular flexibility index (Phi) is 7.99. The van der Waals surface area contributed by atoms with Gasteiger partial charge < -0.3 is 13.9 Å². The first-order valence-corrected chi connectivity index (χ1v) is 10.2. The summed E-state index contributed by atoms with van der Waals surface area (Å²) in [7, 11) is -1.01. The van der Waals surface area contributed by atoms with Crippen molar-refractivity contribution in [2.24, 2.45) is 0 Å². The maximum atomic E-state index is 13.9. The highest BCUT2D eigenvalue weighted by Crippen LogP contribution is 2.41. The molecule has 9 heteroatoms. The summed E-state index contributed by atoms with van der Waals surface area (Å²) in [6.07, 6.45) is 1.93. The Morgan fingerprint density at radius 2 is 1.27 bits per heavy atom. The Morgan fingerprint density at radius 1 is 0.808 bits per heavy atom. The number of hydrogen-bond donors (Lipinski definition) is 0. The molecular formula is C17H23F5O3Si. The summed E-state index contributed by atoms with van der Waals surface area (Å²) in [5.74, 6) is -9.99. The lowest BCUT2D eigenvalue weighted by Crippen LogP contribution is -2.26. The van der Waals surface area contributed by atoms with Gasteiger partial charge in [-0.2, -0.15) is 0 Å². The molecule has 148 valence electrons. The van der Waals surface area contributed by atoms with Crippen molar-refractivity contribution < 1.29 is 35.9 Å². The minimum absolute atomic E-state index is 0.246. The third-order valence-electron chi connectivity index (χ3n) is 4.57. The maximum absolute atomic E-state index is 13.9. The molecule has 0 heterocycles. The van der Waals surface area contributed by atoms with Crippen molar-refractivity contribution in [3.8, 4) is 0 Å². The van der Waals surface area contributed by atoms with Crippen molar-refractivity contribution >= 4 is 9.76 Å². The molecule has 1 aromatic rings. The van der Waals surface area contributed by atoms with Crippen LogP contribution in [0.3, 0.4) is 0 Å². The number of halogens is 5. The second-order valence-electron chi connectivity index (χ2n) is 6.23. The van der Waals surface area contributed by atoms with E-state index in [1.54, 1.807) is 0 Å². The van der Waals surface area contributed by atoms with Crippen LogP contribution in [0.1, 0.15) is 51.0 Å². The molecule has 1 aromatic carbocycles.